The fraction of sp³-hybridized carbons (Fsp3) is 0.345. The third-order valence-corrected chi connectivity index (χ3v) is 7.91. The van der Waals surface area contributed by atoms with Crippen LogP contribution < -0.4 is 5.32 Å². The van der Waals surface area contributed by atoms with Crippen molar-refractivity contribution in [3.8, 4) is 0 Å². The fourth-order valence-corrected chi connectivity index (χ4v) is 6.30. The molecule has 1 atom stereocenters. The molecule has 2 heterocycles. The summed E-state index contributed by atoms with van der Waals surface area (Å²) in [5, 5.41) is 4.84. The second-order valence-corrected chi connectivity index (χ2v) is 10.1. The number of fused-ring (bicyclic) bond motifs is 3. The van der Waals surface area contributed by atoms with Crippen molar-refractivity contribution in [1.29, 1.82) is 0 Å². The second-order valence-electron chi connectivity index (χ2n) is 10.1. The van der Waals surface area contributed by atoms with Gasteiger partial charge in [-0.1, -0.05) is 49.2 Å². The Hall–Kier alpha value is -3.11. The van der Waals surface area contributed by atoms with Crippen molar-refractivity contribution in [1.82, 2.24) is 14.9 Å². The number of aromatic nitrogens is 2. The highest BCUT2D eigenvalue weighted by Crippen LogP contribution is 2.50. The molecule has 168 valence electrons. The molecule has 2 aromatic carbocycles. The number of anilines is 2. The number of benzene rings is 2. The zero-order valence-corrected chi connectivity index (χ0v) is 19.6. The van der Waals surface area contributed by atoms with Gasteiger partial charge in [-0.3, -0.25) is 4.90 Å². The highest BCUT2D eigenvalue weighted by molar-refractivity contribution is 5.94. The number of rotatable bonds is 5. The molecule has 2 N–H and O–H groups in total. The Balaban J connectivity index is 1.35. The molecule has 1 saturated carbocycles. The van der Waals surface area contributed by atoms with Crippen LogP contribution in [0.3, 0.4) is 0 Å². The molecular formula is C29H32N4. The molecule has 0 saturated heterocycles. The summed E-state index contributed by atoms with van der Waals surface area (Å²) in [6, 6.07) is 20.0. The first kappa shape index (κ1) is 20.5. The summed E-state index contributed by atoms with van der Waals surface area (Å²) < 4.78 is 0. The van der Waals surface area contributed by atoms with Crippen LogP contribution in [0.4, 0.5) is 11.5 Å². The quantitative estimate of drug-likeness (QED) is 0.365. The number of hydrogen-bond acceptors (Lipinski definition) is 3. The maximum atomic E-state index is 4.79. The van der Waals surface area contributed by atoms with E-state index in [1.54, 1.807) is 5.56 Å². The van der Waals surface area contributed by atoms with Crippen LogP contribution in [0.15, 0.2) is 67.0 Å². The smallest absolute Gasteiger partial charge is 0.130 e. The molecule has 1 fully saturated rings. The van der Waals surface area contributed by atoms with Crippen molar-refractivity contribution in [2.45, 2.75) is 50.0 Å². The SMILES string of the molecule is CN(C)C(c1ccccc1)c1ccc2[nH]cc(Nc3cc4c(cn3)CCC43CCCC3)c2c1. The topological polar surface area (TPSA) is 44.0 Å². The number of aromatic amines is 1. The summed E-state index contributed by atoms with van der Waals surface area (Å²) in [4.78, 5) is 10.5. The van der Waals surface area contributed by atoms with Gasteiger partial charge >= 0.3 is 0 Å². The zero-order valence-electron chi connectivity index (χ0n) is 19.6. The number of aryl methyl sites for hydroxylation is 1. The Morgan fingerprint density at radius 3 is 2.58 bits per heavy atom. The average molecular weight is 437 g/mol. The van der Waals surface area contributed by atoms with E-state index >= 15 is 0 Å². The Kier molecular flexibility index (Phi) is 4.99. The second kappa shape index (κ2) is 8.03. The predicted molar refractivity (Wildman–Crippen MR) is 136 cm³/mol. The van der Waals surface area contributed by atoms with Gasteiger partial charge in [0.2, 0.25) is 0 Å². The van der Waals surface area contributed by atoms with E-state index in [4.69, 9.17) is 4.98 Å². The normalized spacial score (nSPS) is 17.7. The largest absolute Gasteiger partial charge is 0.359 e. The van der Waals surface area contributed by atoms with Crippen molar-refractivity contribution < 1.29 is 0 Å². The van der Waals surface area contributed by atoms with Crippen LogP contribution in [-0.2, 0) is 11.8 Å². The maximum Gasteiger partial charge on any atom is 0.130 e. The van der Waals surface area contributed by atoms with Gasteiger partial charge in [0.15, 0.2) is 0 Å². The summed E-state index contributed by atoms with van der Waals surface area (Å²) >= 11 is 0. The average Bonchev–Trinajstić information content (AvgIpc) is 3.55. The van der Waals surface area contributed by atoms with Crippen LogP contribution in [0.25, 0.3) is 10.9 Å². The molecule has 2 aliphatic carbocycles. The Bertz CT molecular complexity index is 1280. The van der Waals surface area contributed by atoms with E-state index in [1.807, 2.05) is 0 Å². The van der Waals surface area contributed by atoms with Crippen LogP contribution in [-0.4, -0.2) is 29.0 Å². The van der Waals surface area contributed by atoms with E-state index in [2.05, 4.69) is 96.3 Å². The minimum Gasteiger partial charge on any atom is -0.359 e. The molecule has 4 aromatic rings. The number of nitrogens with zero attached hydrogens (tertiary/aromatic N) is 2. The molecule has 0 amide bonds. The molecule has 2 aromatic heterocycles. The van der Waals surface area contributed by atoms with Crippen molar-refractivity contribution in [3.63, 3.8) is 0 Å². The molecule has 1 spiro atoms. The Labute approximate surface area is 196 Å². The lowest BCUT2D eigenvalue weighted by atomic mass is 9.80. The minimum absolute atomic E-state index is 0.207. The third-order valence-electron chi connectivity index (χ3n) is 7.91. The molecule has 4 heteroatoms. The standard InChI is InChI=1S/C29H32N4/c1-33(2)28(20-8-4-3-5-9-20)21-10-11-25-23(16-21)26(19-30-25)32-27-17-24-22(18-31-27)12-15-29(24)13-6-7-14-29/h3-5,8-11,16-19,28,30H,6-7,12-15H2,1-2H3,(H,31,32). The molecule has 33 heavy (non-hydrogen) atoms. The first-order valence-corrected chi connectivity index (χ1v) is 12.2. The number of hydrogen-bond donors (Lipinski definition) is 2. The highest BCUT2D eigenvalue weighted by Gasteiger charge is 2.41. The van der Waals surface area contributed by atoms with Gasteiger partial charge in [0.1, 0.15) is 5.82 Å². The monoisotopic (exact) mass is 436 g/mol. The van der Waals surface area contributed by atoms with Crippen LogP contribution in [0, 0.1) is 0 Å². The Morgan fingerprint density at radius 2 is 1.79 bits per heavy atom. The first-order chi connectivity index (χ1) is 16.1. The molecule has 1 unspecified atom stereocenters. The van der Waals surface area contributed by atoms with Gasteiger partial charge in [-0.25, -0.2) is 4.98 Å². The van der Waals surface area contributed by atoms with Crippen LogP contribution in [0.2, 0.25) is 0 Å². The van der Waals surface area contributed by atoms with E-state index in [0.717, 1.165) is 17.0 Å². The van der Waals surface area contributed by atoms with Crippen LogP contribution >= 0.6 is 0 Å². The lowest BCUT2D eigenvalue weighted by Gasteiger charge is -2.25. The zero-order chi connectivity index (χ0) is 22.4. The van der Waals surface area contributed by atoms with Gasteiger partial charge in [0, 0.05) is 23.3 Å². The molecule has 2 aliphatic rings. The molecule has 0 bridgehead atoms. The van der Waals surface area contributed by atoms with E-state index in [-0.39, 0.29) is 6.04 Å². The van der Waals surface area contributed by atoms with Crippen LogP contribution in [0.5, 0.6) is 0 Å². The van der Waals surface area contributed by atoms with E-state index < -0.39 is 0 Å². The van der Waals surface area contributed by atoms with Crippen LogP contribution in [0.1, 0.15) is 60.4 Å². The number of nitrogens with one attached hydrogen (secondary N) is 2. The van der Waals surface area contributed by atoms with Crippen molar-refractivity contribution in [2.75, 3.05) is 19.4 Å². The van der Waals surface area contributed by atoms with E-state index in [9.17, 15) is 0 Å². The lowest BCUT2D eigenvalue weighted by Crippen LogP contribution is -2.20. The molecule has 4 nitrogen and oxygen atoms in total. The number of pyridine rings is 1. The molecule has 6 rings (SSSR count). The molecule has 0 radical (unpaired) electrons. The first-order valence-electron chi connectivity index (χ1n) is 12.2. The van der Waals surface area contributed by atoms with E-state index in [0.29, 0.717) is 5.41 Å². The Morgan fingerprint density at radius 1 is 0.970 bits per heavy atom. The molecular weight excluding hydrogens is 404 g/mol. The van der Waals surface area contributed by atoms with Crippen molar-refractivity contribution in [3.05, 3.63) is 89.2 Å². The minimum atomic E-state index is 0.207. The van der Waals surface area contributed by atoms with Crippen molar-refractivity contribution in [2.24, 2.45) is 0 Å². The van der Waals surface area contributed by atoms with E-state index in [1.165, 1.54) is 60.6 Å². The summed E-state index contributed by atoms with van der Waals surface area (Å²) in [7, 11) is 4.29. The van der Waals surface area contributed by atoms with Gasteiger partial charge in [0.25, 0.3) is 0 Å². The summed E-state index contributed by atoms with van der Waals surface area (Å²) in [6.07, 6.45) is 12.1. The maximum absolute atomic E-state index is 4.79. The van der Waals surface area contributed by atoms with Crippen molar-refractivity contribution >= 4 is 22.4 Å². The predicted octanol–water partition coefficient (Wildman–Crippen LogP) is 6.72. The molecule has 0 aliphatic heterocycles. The third kappa shape index (κ3) is 3.53. The fourth-order valence-electron chi connectivity index (χ4n) is 6.30. The summed E-state index contributed by atoms with van der Waals surface area (Å²) in [6.45, 7) is 0. The van der Waals surface area contributed by atoms with Gasteiger partial charge in [-0.2, -0.15) is 0 Å². The number of H-pyrrole nitrogens is 1. The summed E-state index contributed by atoms with van der Waals surface area (Å²) in [5.41, 5.74) is 8.23. The van der Waals surface area contributed by atoms with Gasteiger partial charge < -0.3 is 10.3 Å². The lowest BCUT2D eigenvalue weighted by molar-refractivity contribution is 0.342. The van der Waals surface area contributed by atoms with Gasteiger partial charge in [-0.05, 0) is 85.6 Å². The summed E-state index contributed by atoms with van der Waals surface area (Å²) in [5.74, 6) is 0.959. The van der Waals surface area contributed by atoms with Gasteiger partial charge in [0.05, 0.1) is 11.7 Å². The van der Waals surface area contributed by atoms with Gasteiger partial charge in [-0.15, -0.1) is 0 Å². The highest BCUT2D eigenvalue weighted by atomic mass is 15.1.